The van der Waals surface area contributed by atoms with Crippen molar-refractivity contribution in [2.75, 3.05) is 11.9 Å². The highest BCUT2D eigenvalue weighted by Crippen LogP contribution is 2.16. The van der Waals surface area contributed by atoms with Gasteiger partial charge in [-0.3, -0.25) is 4.79 Å². The SMILES string of the molecule is CC(O)C(N)CNc1ccc(F)cc1C(N)=O. The monoisotopic (exact) mass is 241 g/mol. The molecule has 6 heteroatoms. The minimum absolute atomic E-state index is 0.0581. The second-order valence-corrected chi connectivity index (χ2v) is 3.84. The zero-order valence-electron chi connectivity index (χ0n) is 9.48. The van der Waals surface area contributed by atoms with E-state index in [0.29, 0.717) is 5.69 Å². The predicted molar refractivity (Wildman–Crippen MR) is 63.1 cm³/mol. The van der Waals surface area contributed by atoms with Crippen LogP contribution in [-0.4, -0.2) is 29.7 Å². The van der Waals surface area contributed by atoms with Gasteiger partial charge in [-0.25, -0.2) is 4.39 Å². The fourth-order valence-corrected chi connectivity index (χ4v) is 1.27. The van der Waals surface area contributed by atoms with Crippen molar-refractivity contribution in [2.45, 2.75) is 19.1 Å². The molecule has 0 fully saturated rings. The van der Waals surface area contributed by atoms with Crippen molar-refractivity contribution in [2.24, 2.45) is 11.5 Å². The maximum atomic E-state index is 12.9. The van der Waals surface area contributed by atoms with Crippen molar-refractivity contribution in [1.29, 1.82) is 0 Å². The van der Waals surface area contributed by atoms with E-state index in [9.17, 15) is 14.3 Å². The zero-order chi connectivity index (χ0) is 13.0. The van der Waals surface area contributed by atoms with E-state index >= 15 is 0 Å². The van der Waals surface area contributed by atoms with Gasteiger partial charge in [0, 0.05) is 18.3 Å². The van der Waals surface area contributed by atoms with Crippen LogP contribution in [-0.2, 0) is 0 Å². The number of halogens is 1. The Kier molecular flexibility index (Phi) is 4.42. The van der Waals surface area contributed by atoms with Crippen molar-refractivity contribution in [3.05, 3.63) is 29.6 Å². The number of hydrogen-bond acceptors (Lipinski definition) is 4. The fourth-order valence-electron chi connectivity index (χ4n) is 1.27. The van der Waals surface area contributed by atoms with Crippen LogP contribution >= 0.6 is 0 Å². The number of aliphatic hydroxyl groups is 1. The molecule has 1 rings (SSSR count). The second-order valence-electron chi connectivity index (χ2n) is 3.84. The molecule has 2 unspecified atom stereocenters. The number of nitrogens with one attached hydrogen (secondary N) is 1. The van der Waals surface area contributed by atoms with Gasteiger partial charge in [-0.15, -0.1) is 0 Å². The molecule has 0 heterocycles. The van der Waals surface area contributed by atoms with Gasteiger partial charge in [0.15, 0.2) is 0 Å². The number of aliphatic hydroxyl groups excluding tert-OH is 1. The van der Waals surface area contributed by atoms with E-state index in [4.69, 9.17) is 11.5 Å². The third-order valence-electron chi connectivity index (χ3n) is 2.39. The molecule has 1 aromatic carbocycles. The molecule has 0 bridgehead atoms. The lowest BCUT2D eigenvalue weighted by molar-refractivity contribution is 0.100. The first kappa shape index (κ1) is 13.4. The first-order valence-electron chi connectivity index (χ1n) is 5.18. The van der Waals surface area contributed by atoms with Crippen LogP contribution in [0.5, 0.6) is 0 Å². The standard InChI is InChI=1S/C11H16FN3O2/c1-6(16)9(13)5-15-10-3-2-7(12)4-8(10)11(14)17/h2-4,6,9,15-16H,5,13H2,1H3,(H2,14,17). The average molecular weight is 241 g/mol. The van der Waals surface area contributed by atoms with E-state index < -0.39 is 23.9 Å². The largest absolute Gasteiger partial charge is 0.392 e. The Labute approximate surface area is 98.6 Å². The van der Waals surface area contributed by atoms with Gasteiger partial charge < -0.3 is 21.9 Å². The molecule has 0 spiro atoms. The maximum absolute atomic E-state index is 12.9. The first-order chi connectivity index (χ1) is 7.91. The van der Waals surface area contributed by atoms with Crippen molar-refractivity contribution in [3.63, 3.8) is 0 Å². The first-order valence-corrected chi connectivity index (χ1v) is 5.18. The molecular formula is C11H16FN3O2. The number of nitrogens with two attached hydrogens (primary N) is 2. The number of carbonyl (C=O) groups excluding carboxylic acids is 1. The summed E-state index contributed by atoms with van der Waals surface area (Å²) >= 11 is 0. The van der Waals surface area contributed by atoms with Gasteiger partial charge >= 0.3 is 0 Å². The molecule has 1 amide bonds. The third-order valence-corrected chi connectivity index (χ3v) is 2.39. The normalized spacial score (nSPS) is 14.1. The number of amides is 1. The summed E-state index contributed by atoms with van der Waals surface area (Å²) in [6.45, 7) is 1.82. The summed E-state index contributed by atoms with van der Waals surface area (Å²) in [6, 6.07) is 3.19. The van der Waals surface area contributed by atoms with E-state index in [2.05, 4.69) is 5.32 Å². The van der Waals surface area contributed by atoms with Crippen molar-refractivity contribution < 1.29 is 14.3 Å². The van der Waals surface area contributed by atoms with Crippen LogP contribution in [0.2, 0.25) is 0 Å². The van der Waals surface area contributed by atoms with Gasteiger partial charge in [-0.1, -0.05) is 0 Å². The quantitative estimate of drug-likeness (QED) is 0.584. The lowest BCUT2D eigenvalue weighted by Crippen LogP contribution is -2.39. The summed E-state index contributed by atoms with van der Waals surface area (Å²) in [5, 5.41) is 12.1. The van der Waals surface area contributed by atoms with Crippen molar-refractivity contribution >= 4 is 11.6 Å². The Morgan fingerprint density at radius 3 is 2.76 bits per heavy atom. The molecule has 0 radical (unpaired) electrons. The summed E-state index contributed by atoms with van der Waals surface area (Å²) < 4.78 is 12.9. The van der Waals surface area contributed by atoms with Crippen LogP contribution in [0.4, 0.5) is 10.1 Å². The Morgan fingerprint density at radius 2 is 2.24 bits per heavy atom. The molecule has 0 aliphatic heterocycles. The molecule has 1 aromatic rings. The number of benzene rings is 1. The lowest BCUT2D eigenvalue weighted by Gasteiger charge is -2.17. The predicted octanol–water partition coefficient (Wildman–Crippen LogP) is 0.0446. The molecule has 94 valence electrons. The van der Waals surface area contributed by atoms with E-state index in [1.54, 1.807) is 6.92 Å². The van der Waals surface area contributed by atoms with Gasteiger partial charge in [-0.2, -0.15) is 0 Å². The highest BCUT2D eigenvalue weighted by Gasteiger charge is 2.12. The Hall–Kier alpha value is -1.66. The minimum Gasteiger partial charge on any atom is -0.392 e. The number of rotatable bonds is 5. The number of anilines is 1. The number of hydrogen-bond donors (Lipinski definition) is 4. The summed E-state index contributed by atoms with van der Waals surface area (Å²) in [5.74, 6) is -1.26. The van der Waals surface area contributed by atoms with Crippen LogP contribution in [0.1, 0.15) is 17.3 Å². The summed E-state index contributed by atoms with van der Waals surface area (Å²) in [4.78, 5) is 11.1. The van der Waals surface area contributed by atoms with Crippen LogP contribution in [0.3, 0.4) is 0 Å². The molecule has 5 nitrogen and oxygen atoms in total. The fraction of sp³-hybridized carbons (Fsp3) is 0.364. The smallest absolute Gasteiger partial charge is 0.250 e. The van der Waals surface area contributed by atoms with E-state index in [-0.39, 0.29) is 12.1 Å². The molecule has 17 heavy (non-hydrogen) atoms. The molecule has 0 saturated carbocycles. The summed E-state index contributed by atoms with van der Waals surface area (Å²) in [5.41, 5.74) is 11.2. The molecule has 0 aliphatic carbocycles. The van der Waals surface area contributed by atoms with E-state index in [1.165, 1.54) is 12.1 Å². The Balaban J connectivity index is 2.80. The number of primary amides is 1. The minimum atomic E-state index is -0.724. The van der Waals surface area contributed by atoms with Crippen LogP contribution < -0.4 is 16.8 Å². The molecule has 0 saturated heterocycles. The Morgan fingerprint density at radius 1 is 1.59 bits per heavy atom. The lowest BCUT2D eigenvalue weighted by atomic mass is 10.1. The number of carbonyl (C=O) groups is 1. The molecule has 2 atom stereocenters. The van der Waals surface area contributed by atoms with E-state index in [0.717, 1.165) is 6.07 Å². The second kappa shape index (κ2) is 5.60. The molecular weight excluding hydrogens is 225 g/mol. The highest BCUT2D eigenvalue weighted by atomic mass is 19.1. The van der Waals surface area contributed by atoms with Crippen molar-refractivity contribution in [3.8, 4) is 0 Å². The van der Waals surface area contributed by atoms with Gasteiger partial charge in [0.05, 0.1) is 11.7 Å². The highest BCUT2D eigenvalue weighted by molar-refractivity contribution is 5.98. The topological polar surface area (TPSA) is 101 Å². The van der Waals surface area contributed by atoms with Crippen LogP contribution in [0.15, 0.2) is 18.2 Å². The van der Waals surface area contributed by atoms with Gasteiger partial charge in [0.25, 0.3) is 5.91 Å². The molecule has 6 N–H and O–H groups in total. The van der Waals surface area contributed by atoms with Crippen molar-refractivity contribution in [1.82, 2.24) is 0 Å². The van der Waals surface area contributed by atoms with Crippen LogP contribution in [0.25, 0.3) is 0 Å². The summed E-state index contributed by atoms with van der Waals surface area (Å²) in [7, 11) is 0. The summed E-state index contributed by atoms with van der Waals surface area (Å²) in [6.07, 6.45) is -0.681. The maximum Gasteiger partial charge on any atom is 0.250 e. The molecule has 0 aromatic heterocycles. The van der Waals surface area contributed by atoms with Crippen LogP contribution in [0, 0.1) is 5.82 Å². The van der Waals surface area contributed by atoms with Gasteiger partial charge in [-0.05, 0) is 25.1 Å². The molecule has 0 aliphatic rings. The zero-order valence-corrected chi connectivity index (χ0v) is 9.48. The van der Waals surface area contributed by atoms with E-state index in [1.807, 2.05) is 0 Å². The van der Waals surface area contributed by atoms with Gasteiger partial charge in [0.2, 0.25) is 0 Å². The van der Waals surface area contributed by atoms with Gasteiger partial charge in [0.1, 0.15) is 5.82 Å². The third kappa shape index (κ3) is 3.69. The average Bonchev–Trinajstić information content (AvgIpc) is 2.26. The Bertz CT molecular complexity index is 410.